The minimum absolute atomic E-state index is 0.0314. The third-order valence-electron chi connectivity index (χ3n) is 5.01. The van der Waals surface area contributed by atoms with Crippen LogP contribution in [0.25, 0.3) is 0 Å². The predicted octanol–water partition coefficient (Wildman–Crippen LogP) is 2.31. The first-order chi connectivity index (χ1) is 14.3. The zero-order valence-corrected chi connectivity index (χ0v) is 18.9. The molecule has 2 unspecified atom stereocenters. The van der Waals surface area contributed by atoms with Gasteiger partial charge < -0.3 is 20.1 Å². The number of carbonyl (C=O) groups is 2. The number of nitrogens with zero attached hydrogens (tertiary/aromatic N) is 1. The van der Waals surface area contributed by atoms with Gasteiger partial charge in [0.25, 0.3) is 5.91 Å². The molecule has 0 aromatic heterocycles. The summed E-state index contributed by atoms with van der Waals surface area (Å²) >= 11 is 0. The summed E-state index contributed by atoms with van der Waals surface area (Å²) in [5.74, 6) is 0.812. The molecule has 0 saturated carbocycles. The molecule has 1 aromatic rings. The number of hydrogen-bond acceptors (Lipinski definition) is 5. The van der Waals surface area contributed by atoms with Crippen LogP contribution in [0.4, 0.5) is 0 Å². The zero-order valence-electron chi connectivity index (χ0n) is 18.9. The summed E-state index contributed by atoms with van der Waals surface area (Å²) in [5, 5.41) is 5.83. The standard InChI is InChI=1S/C23H37N3O4/c1-6-29-19-9-7-18(8-10-19)22(27)25-21(17(4)5)23(28)24-13-20-15-26(11-12-30-20)14-16(2)3/h7-10,16-17,20-21H,6,11-15H2,1-5H3,(H,24,28)(H,25,27). The van der Waals surface area contributed by atoms with Gasteiger partial charge in [0.05, 0.1) is 19.3 Å². The molecule has 30 heavy (non-hydrogen) atoms. The number of carbonyl (C=O) groups excluding carboxylic acids is 2. The smallest absolute Gasteiger partial charge is 0.251 e. The highest BCUT2D eigenvalue weighted by Crippen LogP contribution is 2.13. The van der Waals surface area contributed by atoms with Crippen molar-refractivity contribution in [3.63, 3.8) is 0 Å². The Morgan fingerprint density at radius 2 is 1.90 bits per heavy atom. The van der Waals surface area contributed by atoms with Crippen molar-refractivity contribution < 1.29 is 19.1 Å². The largest absolute Gasteiger partial charge is 0.494 e. The van der Waals surface area contributed by atoms with Crippen LogP contribution in [0.15, 0.2) is 24.3 Å². The van der Waals surface area contributed by atoms with E-state index in [4.69, 9.17) is 9.47 Å². The van der Waals surface area contributed by atoms with Crippen molar-refractivity contribution in [2.24, 2.45) is 11.8 Å². The van der Waals surface area contributed by atoms with E-state index in [0.29, 0.717) is 37.0 Å². The van der Waals surface area contributed by atoms with Gasteiger partial charge in [0, 0.05) is 31.7 Å². The average Bonchev–Trinajstić information content (AvgIpc) is 2.70. The maximum absolute atomic E-state index is 12.8. The molecule has 0 spiro atoms. The molecule has 2 atom stereocenters. The van der Waals surface area contributed by atoms with Crippen molar-refractivity contribution >= 4 is 11.8 Å². The van der Waals surface area contributed by atoms with Gasteiger partial charge in [0.15, 0.2) is 0 Å². The number of morpholine rings is 1. The van der Waals surface area contributed by atoms with Gasteiger partial charge in [-0.3, -0.25) is 14.5 Å². The summed E-state index contributed by atoms with van der Waals surface area (Å²) in [6, 6.07) is 6.31. The Morgan fingerprint density at radius 1 is 1.20 bits per heavy atom. The number of nitrogens with one attached hydrogen (secondary N) is 2. The third-order valence-corrected chi connectivity index (χ3v) is 5.01. The van der Waals surface area contributed by atoms with Crippen molar-refractivity contribution in [2.75, 3.05) is 39.4 Å². The molecule has 2 amide bonds. The number of ether oxygens (including phenoxy) is 2. The van der Waals surface area contributed by atoms with Crippen molar-refractivity contribution in [2.45, 2.75) is 46.8 Å². The minimum Gasteiger partial charge on any atom is -0.494 e. The van der Waals surface area contributed by atoms with Crippen LogP contribution in [-0.2, 0) is 9.53 Å². The molecule has 2 N–H and O–H groups in total. The first kappa shape index (κ1) is 24.2. The fourth-order valence-corrected chi connectivity index (χ4v) is 3.54. The normalized spacial score (nSPS) is 18.3. The van der Waals surface area contributed by atoms with Crippen molar-refractivity contribution in [3.8, 4) is 5.75 Å². The van der Waals surface area contributed by atoms with Gasteiger partial charge in [-0.2, -0.15) is 0 Å². The number of hydrogen-bond donors (Lipinski definition) is 2. The Morgan fingerprint density at radius 3 is 2.50 bits per heavy atom. The van der Waals surface area contributed by atoms with E-state index in [0.717, 1.165) is 19.6 Å². The fraction of sp³-hybridized carbons (Fsp3) is 0.652. The molecular formula is C23H37N3O4. The molecule has 1 aliphatic rings. The van der Waals surface area contributed by atoms with E-state index in [2.05, 4.69) is 29.4 Å². The van der Waals surface area contributed by atoms with Gasteiger partial charge in [-0.05, 0) is 43.0 Å². The van der Waals surface area contributed by atoms with Crippen LogP contribution in [0.5, 0.6) is 5.75 Å². The van der Waals surface area contributed by atoms with Crippen molar-refractivity contribution in [1.29, 1.82) is 0 Å². The number of amides is 2. The van der Waals surface area contributed by atoms with Gasteiger partial charge >= 0.3 is 0 Å². The molecule has 1 saturated heterocycles. The maximum atomic E-state index is 12.8. The highest BCUT2D eigenvalue weighted by Gasteiger charge is 2.27. The number of benzene rings is 1. The van der Waals surface area contributed by atoms with E-state index < -0.39 is 6.04 Å². The highest BCUT2D eigenvalue weighted by molar-refractivity contribution is 5.97. The summed E-state index contributed by atoms with van der Waals surface area (Å²) in [5.41, 5.74) is 0.497. The van der Waals surface area contributed by atoms with Gasteiger partial charge in [-0.1, -0.05) is 27.7 Å². The Kier molecular flexibility index (Phi) is 9.59. The van der Waals surface area contributed by atoms with Crippen LogP contribution >= 0.6 is 0 Å². The molecule has 1 aromatic carbocycles. The SMILES string of the molecule is CCOc1ccc(C(=O)NC(C(=O)NCC2CN(CC(C)C)CCO2)C(C)C)cc1. The van der Waals surface area contributed by atoms with Crippen LogP contribution in [0.2, 0.25) is 0 Å². The van der Waals surface area contributed by atoms with Crippen LogP contribution in [0, 0.1) is 11.8 Å². The second kappa shape index (κ2) is 11.9. The molecule has 0 aliphatic carbocycles. The molecule has 2 rings (SSSR count). The van der Waals surface area contributed by atoms with Crippen LogP contribution in [-0.4, -0.2) is 68.3 Å². The molecule has 168 valence electrons. The Bertz CT molecular complexity index is 676. The van der Waals surface area contributed by atoms with Crippen molar-refractivity contribution in [1.82, 2.24) is 15.5 Å². The van der Waals surface area contributed by atoms with E-state index in [1.807, 2.05) is 20.8 Å². The summed E-state index contributed by atoms with van der Waals surface area (Å²) in [6.45, 7) is 14.6. The Balaban J connectivity index is 1.88. The average molecular weight is 420 g/mol. The minimum atomic E-state index is -0.612. The van der Waals surface area contributed by atoms with Gasteiger partial charge in [-0.15, -0.1) is 0 Å². The summed E-state index contributed by atoms with van der Waals surface area (Å²) in [6.07, 6.45) is -0.0314. The molecule has 0 bridgehead atoms. The number of rotatable bonds is 10. The molecule has 1 heterocycles. The van der Waals surface area contributed by atoms with E-state index in [1.165, 1.54) is 0 Å². The molecule has 7 nitrogen and oxygen atoms in total. The van der Waals surface area contributed by atoms with E-state index in [9.17, 15) is 9.59 Å². The molecule has 1 aliphatic heterocycles. The van der Waals surface area contributed by atoms with E-state index >= 15 is 0 Å². The van der Waals surface area contributed by atoms with E-state index in [1.54, 1.807) is 24.3 Å². The molecular weight excluding hydrogens is 382 g/mol. The van der Waals surface area contributed by atoms with Crippen LogP contribution in [0.1, 0.15) is 45.0 Å². The molecule has 0 radical (unpaired) electrons. The Labute approximate surface area is 180 Å². The van der Waals surface area contributed by atoms with Crippen LogP contribution < -0.4 is 15.4 Å². The predicted molar refractivity (Wildman–Crippen MR) is 118 cm³/mol. The second-order valence-corrected chi connectivity index (χ2v) is 8.54. The molecule has 7 heteroatoms. The quantitative estimate of drug-likeness (QED) is 0.608. The highest BCUT2D eigenvalue weighted by atomic mass is 16.5. The van der Waals surface area contributed by atoms with Gasteiger partial charge in [-0.25, -0.2) is 0 Å². The first-order valence-electron chi connectivity index (χ1n) is 11.0. The third kappa shape index (κ3) is 7.61. The lowest BCUT2D eigenvalue weighted by Crippen LogP contribution is -2.53. The van der Waals surface area contributed by atoms with Crippen molar-refractivity contribution in [3.05, 3.63) is 29.8 Å². The molecule has 1 fully saturated rings. The van der Waals surface area contributed by atoms with Crippen LogP contribution in [0.3, 0.4) is 0 Å². The van der Waals surface area contributed by atoms with Gasteiger partial charge in [0.1, 0.15) is 11.8 Å². The lowest BCUT2D eigenvalue weighted by molar-refractivity contribution is -0.125. The summed E-state index contributed by atoms with van der Waals surface area (Å²) in [4.78, 5) is 27.8. The monoisotopic (exact) mass is 419 g/mol. The Hall–Kier alpha value is -2.12. The maximum Gasteiger partial charge on any atom is 0.251 e. The topological polar surface area (TPSA) is 79.9 Å². The summed E-state index contributed by atoms with van der Waals surface area (Å²) in [7, 11) is 0. The van der Waals surface area contributed by atoms with Gasteiger partial charge in [0.2, 0.25) is 5.91 Å². The first-order valence-corrected chi connectivity index (χ1v) is 11.0. The van der Waals surface area contributed by atoms with E-state index in [-0.39, 0.29) is 23.8 Å². The lowest BCUT2D eigenvalue weighted by Gasteiger charge is -2.34. The fourth-order valence-electron chi connectivity index (χ4n) is 3.54. The summed E-state index contributed by atoms with van der Waals surface area (Å²) < 4.78 is 11.2. The zero-order chi connectivity index (χ0) is 22.1. The lowest BCUT2D eigenvalue weighted by atomic mass is 10.0. The second-order valence-electron chi connectivity index (χ2n) is 8.54.